The minimum Gasteiger partial charge on any atom is -0.298 e. The Labute approximate surface area is 108 Å². The van der Waals surface area contributed by atoms with E-state index in [2.05, 4.69) is 57.4 Å². The Morgan fingerprint density at radius 1 is 1.18 bits per heavy atom. The van der Waals surface area contributed by atoms with E-state index in [9.17, 15) is 0 Å². The van der Waals surface area contributed by atoms with Crippen LogP contribution in [0.5, 0.6) is 0 Å². The Morgan fingerprint density at radius 2 is 1.82 bits per heavy atom. The summed E-state index contributed by atoms with van der Waals surface area (Å²) in [4.78, 5) is 5.27. The van der Waals surface area contributed by atoms with Crippen molar-refractivity contribution in [1.29, 1.82) is 0 Å². The van der Waals surface area contributed by atoms with Crippen LogP contribution in [0.15, 0.2) is 11.6 Å². The number of piperazine rings is 1. The van der Waals surface area contributed by atoms with Gasteiger partial charge in [0.2, 0.25) is 0 Å². The molecule has 1 saturated heterocycles. The summed E-state index contributed by atoms with van der Waals surface area (Å²) in [6.07, 6.45) is 3.55. The number of rotatable bonds is 4. The van der Waals surface area contributed by atoms with Crippen molar-refractivity contribution in [1.82, 2.24) is 9.80 Å². The molecule has 1 fully saturated rings. The second kappa shape index (κ2) is 6.55. The van der Waals surface area contributed by atoms with E-state index < -0.39 is 0 Å². The van der Waals surface area contributed by atoms with Crippen LogP contribution < -0.4 is 0 Å². The van der Waals surface area contributed by atoms with Crippen molar-refractivity contribution < 1.29 is 0 Å². The van der Waals surface area contributed by atoms with E-state index in [0.29, 0.717) is 18.1 Å². The number of hydrogen-bond donors (Lipinski definition) is 0. The highest BCUT2D eigenvalue weighted by atomic mass is 15.3. The summed E-state index contributed by atoms with van der Waals surface area (Å²) >= 11 is 0. The Bertz CT molecular complexity index is 254. The van der Waals surface area contributed by atoms with Crippen molar-refractivity contribution >= 4 is 0 Å². The molecule has 100 valence electrons. The van der Waals surface area contributed by atoms with Gasteiger partial charge in [-0.15, -0.1) is 0 Å². The van der Waals surface area contributed by atoms with Gasteiger partial charge in [0.05, 0.1) is 0 Å². The summed E-state index contributed by atoms with van der Waals surface area (Å²) in [5.74, 6) is 0. The molecule has 0 radical (unpaired) electrons. The zero-order valence-electron chi connectivity index (χ0n) is 12.5. The highest BCUT2D eigenvalue weighted by Gasteiger charge is 2.29. The topological polar surface area (TPSA) is 6.48 Å². The van der Waals surface area contributed by atoms with Crippen molar-refractivity contribution in [2.75, 3.05) is 19.6 Å². The molecule has 0 aromatic carbocycles. The van der Waals surface area contributed by atoms with Gasteiger partial charge < -0.3 is 0 Å². The third-order valence-electron chi connectivity index (χ3n) is 3.80. The monoisotopic (exact) mass is 238 g/mol. The first kappa shape index (κ1) is 14.7. The van der Waals surface area contributed by atoms with Gasteiger partial charge in [0, 0.05) is 37.8 Å². The average molecular weight is 238 g/mol. The van der Waals surface area contributed by atoms with Crippen LogP contribution in [0.3, 0.4) is 0 Å². The lowest BCUT2D eigenvalue weighted by atomic mass is 10.1. The highest BCUT2D eigenvalue weighted by Crippen LogP contribution is 2.18. The lowest BCUT2D eigenvalue weighted by molar-refractivity contribution is 0.0248. The molecule has 1 heterocycles. The molecular formula is C15H30N2. The summed E-state index contributed by atoms with van der Waals surface area (Å²) in [5.41, 5.74) is 1.44. The molecular weight excluding hydrogens is 208 g/mol. The van der Waals surface area contributed by atoms with Gasteiger partial charge in [0.15, 0.2) is 0 Å². The fourth-order valence-electron chi connectivity index (χ4n) is 2.78. The molecule has 2 heteroatoms. The molecule has 0 bridgehead atoms. The predicted octanol–water partition coefficient (Wildman–Crippen LogP) is 3.15. The Morgan fingerprint density at radius 3 is 2.35 bits per heavy atom. The van der Waals surface area contributed by atoms with E-state index in [1.165, 1.54) is 31.6 Å². The number of hydrogen-bond acceptors (Lipinski definition) is 2. The van der Waals surface area contributed by atoms with Crippen LogP contribution in [0.25, 0.3) is 0 Å². The first-order valence-corrected chi connectivity index (χ1v) is 7.05. The van der Waals surface area contributed by atoms with Crippen LogP contribution in [-0.2, 0) is 0 Å². The minimum atomic E-state index is 0.674. The fourth-order valence-corrected chi connectivity index (χ4v) is 2.78. The quantitative estimate of drug-likeness (QED) is 0.694. The Hall–Kier alpha value is -0.340. The van der Waals surface area contributed by atoms with Crippen molar-refractivity contribution in [3.63, 3.8) is 0 Å². The first-order valence-electron chi connectivity index (χ1n) is 7.05. The van der Waals surface area contributed by atoms with Gasteiger partial charge in [-0.1, -0.05) is 11.6 Å². The molecule has 1 aliphatic rings. The molecule has 0 aromatic heterocycles. The van der Waals surface area contributed by atoms with E-state index >= 15 is 0 Å². The van der Waals surface area contributed by atoms with Crippen LogP contribution >= 0.6 is 0 Å². The van der Waals surface area contributed by atoms with Gasteiger partial charge >= 0.3 is 0 Å². The molecule has 2 nitrogen and oxygen atoms in total. The molecule has 0 amide bonds. The second-order valence-corrected chi connectivity index (χ2v) is 6.05. The van der Waals surface area contributed by atoms with Crippen LogP contribution in [-0.4, -0.2) is 47.6 Å². The van der Waals surface area contributed by atoms with Crippen LogP contribution in [0.4, 0.5) is 0 Å². The third kappa shape index (κ3) is 4.44. The molecule has 0 aromatic rings. The van der Waals surface area contributed by atoms with Crippen LogP contribution in [0, 0.1) is 0 Å². The first-order chi connectivity index (χ1) is 7.91. The van der Waals surface area contributed by atoms with Gasteiger partial charge in [-0.05, 0) is 48.0 Å². The van der Waals surface area contributed by atoms with Crippen molar-refractivity contribution in [2.24, 2.45) is 0 Å². The minimum absolute atomic E-state index is 0.674. The van der Waals surface area contributed by atoms with E-state index in [-0.39, 0.29) is 0 Å². The number of nitrogens with zero attached hydrogens (tertiary/aromatic N) is 2. The largest absolute Gasteiger partial charge is 0.298 e. The summed E-state index contributed by atoms with van der Waals surface area (Å²) in [6, 6.07) is 2.06. The summed E-state index contributed by atoms with van der Waals surface area (Å²) in [7, 11) is 0. The zero-order chi connectivity index (χ0) is 13.0. The Kier molecular flexibility index (Phi) is 5.68. The van der Waals surface area contributed by atoms with Crippen molar-refractivity contribution in [2.45, 2.75) is 66.1 Å². The van der Waals surface area contributed by atoms with Gasteiger partial charge in [0.25, 0.3) is 0 Å². The summed E-state index contributed by atoms with van der Waals surface area (Å²) in [5, 5.41) is 0. The summed E-state index contributed by atoms with van der Waals surface area (Å²) < 4.78 is 0. The average Bonchev–Trinajstić information content (AvgIpc) is 2.21. The van der Waals surface area contributed by atoms with Gasteiger partial charge in [-0.3, -0.25) is 9.80 Å². The lowest BCUT2D eigenvalue weighted by Gasteiger charge is -2.46. The van der Waals surface area contributed by atoms with Crippen molar-refractivity contribution in [3.8, 4) is 0 Å². The van der Waals surface area contributed by atoms with Crippen LogP contribution in [0.2, 0.25) is 0 Å². The molecule has 0 aliphatic carbocycles. The standard InChI is InChI=1S/C15H30N2/c1-12(2)8-7-9-16-10-15(6)17(13(3)4)11-14(16)5/h8,13-15H,7,9-11H2,1-6H3/t14-,15-/m0/s1. The van der Waals surface area contributed by atoms with E-state index in [1.54, 1.807) is 0 Å². The van der Waals surface area contributed by atoms with Gasteiger partial charge in [-0.25, -0.2) is 0 Å². The fraction of sp³-hybridized carbons (Fsp3) is 0.867. The van der Waals surface area contributed by atoms with Crippen molar-refractivity contribution in [3.05, 3.63) is 11.6 Å². The number of allylic oxidation sites excluding steroid dienone is 1. The van der Waals surface area contributed by atoms with E-state index in [0.717, 1.165) is 0 Å². The maximum atomic E-state index is 2.64. The van der Waals surface area contributed by atoms with E-state index in [1.807, 2.05) is 0 Å². The Balaban J connectivity index is 2.46. The third-order valence-corrected chi connectivity index (χ3v) is 3.80. The van der Waals surface area contributed by atoms with Gasteiger partial charge in [-0.2, -0.15) is 0 Å². The molecule has 0 unspecified atom stereocenters. The highest BCUT2D eigenvalue weighted by molar-refractivity contribution is 4.94. The van der Waals surface area contributed by atoms with Crippen LogP contribution in [0.1, 0.15) is 48.0 Å². The second-order valence-electron chi connectivity index (χ2n) is 6.05. The summed E-state index contributed by atoms with van der Waals surface area (Å²) in [6.45, 7) is 17.4. The molecule has 0 N–H and O–H groups in total. The van der Waals surface area contributed by atoms with E-state index in [4.69, 9.17) is 0 Å². The molecule has 2 atom stereocenters. The van der Waals surface area contributed by atoms with Gasteiger partial charge in [0.1, 0.15) is 0 Å². The zero-order valence-corrected chi connectivity index (χ0v) is 12.5. The molecule has 0 spiro atoms. The normalized spacial score (nSPS) is 27.5. The molecule has 0 saturated carbocycles. The smallest absolute Gasteiger partial charge is 0.0198 e. The predicted molar refractivity (Wildman–Crippen MR) is 76.4 cm³/mol. The SMILES string of the molecule is CC(C)=CCCN1C[C@H](C)N(C(C)C)C[C@@H]1C. The molecule has 1 rings (SSSR count). The maximum absolute atomic E-state index is 2.64. The lowest BCUT2D eigenvalue weighted by Crippen LogP contribution is -2.58. The molecule has 1 aliphatic heterocycles. The molecule has 17 heavy (non-hydrogen) atoms. The maximum Gasteiger partial charge on any atom is 0.0198 e.